The molecule has 0 aromatic heterocycles. The van der Waals surface area contributed by atoms with E-state index in [0.717, 1.165) is 0 Å². The first kappa shape index (κ1) is 35.6. The van der Waals surface area contributed by atoms with Gasteiger partial charge in [-0.3, -0.25) is 9.59 Å². The predicted molar refractivity (Wildman–Crippen MR) is 146 cm³/mol. The van der Waals surface area contributed by atoms with E-state index in [9.17, 15) is 14.7 Å². The molecule has 0 rings (SSSR count). The summed E-state index contributed by atoms with van der Waals surface area (Å²) in [5, 5.41) is 10.4. The molecule has 0 aromatic rings. The summed E-state index contributed by atoms with van der Waals surface area (Å²) >= 11 is 0. The van der Waals surface area contributed by atoms with Crippen LogP contribution in [0.2, 0.25) is 0 Å². The van der Waals surface area contributed by atoms with E-state index >= 15 is 0 Å². The summed E-state index contributed by atoms with van der Waals surface area (Å²) in [5.74, 6) is -0.355. The Kier molecular flexibility index (Phi) is 14.7. The van der Waals surface area contributed by atoms with Gasteiger partial charge in [0, 0.05) is 6.61 Å². The molecular formula is C29H52O8. The molecule has 0 unspecified atom stereocenters. The number of rotatable bonds is 22. The van der Waals surface area contributed by atoms with E-state index in [0.29, 0.717) is 32.7 Å². The molecule has 0 saturated heterocycles. The Morgan fingerprint density at radius 3 is 1.38 bits per heavy atom. The first-order valence-corrected chi connectivity index (χ1v) is 13.0. The van der Waals surface area contributed by atoms with Crippen molar-refractivity contribution >= 4 is 11.6 Å². The second kappa shape index (κ2) is 15.2. The third-order valence-corrected chi connectivity index (χ3v) is 6.38. The van der Waals surface area contributed by atoms with Gasteiger partial charge < -0.3 is 28.8 Å². The molecule has 8 heteroatoms. The lowest BCUT2D eigenvalue weighted by Crippen LogP contribution is -2.46. The maximum absolute atomic E-state index is 11.9. The third-order valence-electron chi connectivity index (χ3n) is 6.38. The van der Waals surface area contributed by atoms with Crippen molar-refractivity contribution in [1.82, 2.24) is 0 Å². The van der Waals surface area contributed by atoms with E-state index in [1.807, 2.05) is 34.6 Å². The van der Waals surface area contributed by atoms with Gasteiger partial charge in [-0.25, -0.2) is 0 Å². The van der Waals surface area contributed by atoms with E-state index in [4.69, 9.17) is 23.7 Å². The van der Waals surface area contributed by atoms with E-state index in [-0.39, 0.29) is 38.0 Å². The lowest BCUT2D eigenvalue weighted by molar-refractivity contribution is -0.163. The van der Waals surface area contributed by atoms with Gasteiger partial charge in [0.25, 0.3) is 0 Å². The molecule has 0 aliphatic rings. The van der Waals surface area contributed by atoms with Crippen molar-refractivity contribution < 1.29 is 38.4 Å². The van der Waals surface area contributed by atoms with Crippen LogP contribution in [0.15, 0.2) is 25.3 Å². The Labute approximate surface area is 224 Å². The van der Waals surface area contributed by atoms with Gasteiger partial charge in [0.2, 0.25) is 0 Å². The van der Waals surface area contributed by atoms with Gasteiger partial charge in [0.15, 0.2) is 11.6 Å². The fraction of sp³-hybridized carbons (Fsp3) is 0.793. The van der Waals surface area contributed by atoms with Crippen molar-refractivity contribution in [2.24, 2.45) is 5.41 Å². The molecule has 0 aliphatic carbocycles. The zero-order valence-electron chi connectivity index (χ0n) is 24.7. The largest absolute Gasteiger partial charge is 0.396 e. The van der Waals surface area contributed by atoms with Crippen molar-refractivity contribution in [2.75, 3.05) is 46.2 Å². The van der Waals surface area contributed by atoms with Crippen molar-refractivity contribution in [1.29, 1.82) is 0 Å². The molecule has 0 amide bonds. The van der Waals surface area contributed by atoms with Crippen LogP contribution in [-0.2, 0) is 33.3 Å². The van der Waals surface area contributed by atoms with Crippen LogP contribution in [0, 0.1) is 5.41 Å². The standard InChI is InChI=1S/C29H52O8/c1-12-23(31)27(8,9)34-17-15-25(4,5)36-21-29(19-30,20-33-14-3)22-37-26(6,7)16-18-35-28(10,11)24(32)13-2/h12-13,30H,1-2,14-22H2,3-11H3. The number of hydrogen-bond acceptors (Lipinski definition) is 8. The Balaban J connectivity index is 5.11. The van der Waals surface area contributed by atoms with Gasteiger partial charge in [-0.2, -0.15) is 0 Å². The summed E-state index contributed by atoms with van der Waals surface area (Å²) in [7, 11) is 0. The second-order valence-corrected chi connectivity index (χ2v) is 11.7. The van der Waals surface area contributed by atoms with Crippen LogP contribution in [0.1, 0.15) is 75.2 Å². The minimum atomic E-state index is -0.945. The Bertz CT molecular complexity index is 682. The molecule has 0 saturated carbocycles. The lowest BCUT2D eigenvalue weighted by Gasteiger charge is -2.38. The summed E-state index contributed by atoms with van der Waals surface area (Å²) in [6.45, 7) is 25.2. The molecule has 0 fully saturated rings. The third kappa shape index (κ3) is 13.3. The van der Waals surface area contributed by atoms with Crippen molar-refractivity contribution in [3.05, 3.63) is 25.3 Å². The fourth-order valence-corrected chi connectivity index (χ4v) is 3.16. The smallest absolute Gasteiger partial charge is 0.186 e. The minimum absolute atomic E-state index is 0.178. The highest BCUT2D eigenvalue weighted by atomic mass is 16.5. The maximum atomic E-state index is 11.9. The zero-order chi connectivity index (χ0) is 29.0. The Hall–Kier alpha value is -1.42. The van der Waals surface area contributed by atoms with Gasteiger partial charge in [-0.1, -0.05) is 13.2 Å². The summed E-state index contributed by atoms with van der Waals surface area (Å²) in [5.41, 5.74) is -3.82. The van der Waals surface area contributed by atoms with E-state index in [1.54, 1.807) is 27.7 Å². The molecule has 0 aromatic carbocycles. The number of aliphatic hydroxyl groups excluding tert-OH is 1. The van der Waals surface area contributed by atoms with Crippen molar-refractivity contribution in [2.45, 2.75) is 97.6 Å². The number of ketones is 2. The first-order valence-electron chi connectivity index (χ1n) is 13.0. The van der Waals surface area contributed by atoms with E-state index in [1.165, 1.54) is 12.2 Å². The highest BCUT2D eigenvalue weighted by molar-refractivity contribution is 5.96. The average Bonchev–Trinajstić information content (AvgIpc) is 2.82. The van der Waals surface area contributed by atoms with Crippen molar-refractivity contribution in [3.8, 4) is 0 Å². The quantitative estimate of drug-likeness (QED) is 0.205. The monoisotopic (exact) mass is 528 g/mol. The first-order chi connectivity index (χ1) is 16.9. The van der Waals surface area contributed by atoms with Crippen LogP contribution in [0.4, 0.5) is 0 Å². The summed E-state index contributed by atoms with van der Waals surface area (Å²) < 4.78 is 29.7. The van der Waals surface area contributed by atoms with Gasteiger partial charge >= 0.3 is 0 Å². The average molecular weight is 529 g/mol. The summed E-state index contributed by atoms with van der Waals surface area (Å²) in [6.07, 6.45) is 3.61. The molecule has 0 heterocycles. The molecule has 0 radical (unpaired) electrons. The second-order valence-electron chi connectivity index (χ2n) is 11.7. The number of hydrogen-bond donors (Lipinski definition) is 1. The van der Waals surface area contributed by atoms with Crippen LogP contribution in [0.25, 0.3) is 0 Å². The number of carbonyl (C=O) groups excluding carboxylic acids is 2. The van der Waals surface area contributed by atoms with Crippen LogP contribution in [0.5, 0.6) is 0 Å². The highest BCUT2D eigenvalue weighted by Crippen LogP contribution is 2.28. The zero-order valence-corrected chi connectivity index (χ0v) is 24.7. The molecule has 0 spiro atoms. The van der Waals surface area contributed by atoms with Crippen molar-refractivity contribution in [3.63, 3.8) is 0 Å². The van der Waals surface area contributed by atoms with Gasteiger partial charge in [0.1, 0.15) is 11.2 Å². The van der Waals surface area contributed by atoms with Gasteiger partial charge in [-0.05, 0) is 87.3 Å². The normalized spacial score (nSPS) is 13.5. The number of carbonyl (C=O) groups is 2. The van der Waals surface area contributed by atoms with E-state index in [2.05, 4.69) is 13.2 Å². The van der Waals surface area contributed by atoms with E-state index < -0.39 is 27.8 Å². The highest BCUT2D eigenvalue weighted by Gasteiger charge is 2.37. The topological polar surface area (TPSA) is 101 Å². The minimum Gasteiger partial charge on any atom is -0.396 e. The van der Waals surface area contributed by atoms with Gasteiger partial charge in [0.05, 0.1) is 56.3 Å². The van der Waals surface area contributed by atoms with Gasteiger partial charge in [-0.15, -0.1) is 0 Å². The summed E-state index contributed by atoms with van der Waals surface area (Å²) in [6, 6.07) is 0. The molecule has 216 valence electrons. The number of ether oxygens (including phenoxy) is 5. The van der Waals surface area contributed by atoms with Crippen LogP contribution >= 0.6 is 0 Å². The lowest BCUT2D eigenvalue weighted by atomic mass is 9.91. The summed E-state index contributed by atoms with van der Waals surface area (Å²) in [4.78, 5) is 23.9. The van der Waals surface area contributed by atoms with Crippen LogP contribution < -0.4 is 0 Å². The fourth-order valence-electron chi connectivity index (χ4n) is 3.16. The molecule has 0 atom stereocenters. The molecule has 0 bridgehead atoms. The molecular weight excluding hydrogens is 476 g/mol. The number of aliphatic hydroxyl groups is 1. The van der Waals surface area contributed by atoms with Crippen LogP contribution in [0.3, 0.4) is 0 Å². The SMILES string of the molecule is C=CC(=O)C(C)(C)OCCC(C)(C)OCC(CO)(COCC)COC(C)(C)CCOC(C)(C)C(=O)C=C. The molecule has 0 aliphatic heterocycles. The maximum Gasteiger partial charge on any atom is 0.186 e. The molecule has 1 N–H and O–H groups in total. The van der Waals surface area contributed by atoms with Crippen LogP contribution in [-0.4, -0.2) is 85.3 Å². The Morgan fingerprint density at radius 2 is 1.08 bits per heavy atom. The molecule has 8 nitrogen and oxygen atoms in total. The molecule has 37 heavy (non-hydrogen) atoms. The Morgan fingerprint density at radius 1 is 0.703 bits per heavy atom. The predicted octanol–water partition coefficient (Wildman–Crippen LogP) is 4.47.